The van der Waals surface area contributed by atoms with Gasteiger partial charge in [-0.2, -0.15) is 0 Å². The number of hydrogen-bond acceptors (Lipinski definition) is 1. The molecular formula is C14H24N2. The summed E-state index contributed by atoms with van der Waals surface area (Å²) in [7, 11) is 0. The first-order valence-electron chi connectivity index (χ1n) is 6.69. The Bertz CT molecular complexity index is 312. The Kier molecular flexibility index (Phi) is 4.05. The molecule has 1 unspecified atom stereocenters. The van der Waals surface area contributed by atoms with E-state index >= 15 is 0 Å². The van der Waals surface area contributed by atoms with E-state index in [1.807, 2.05) is 0 Å². The second kappa shape index (κ2) is 5.53. The summed E-state index contributed by atoms with van der Waals surface area (Å²) in [6.45, 7) is 6.56. The van der Waals surface area contributed by atoms with Gasteiger partial charge in [0.25, 0.3) is 0 Å². The zero-order valence-corrected chi connectivity index (χ0v) is 10.6. The summed E-state index contributed by atoms with van der Waals surface area (Å²) in [6.07, 6.45) is 9.97. The maximum absolute atomic E-state index is 3.68. The molecule has 0 spiro atoms. The molecule has 90 valence electrons. The minimum atomic E-state index is 0.720. The first kappa shape index (κ1) is 11.7. The van der Waals surface area contributed by atoms with Gasteiger partial charge in [-0.1, -0.05) is 19.8 Å². The number of nitrogens with one attached hydrogen (secondary N) is 1. The van der Waals surface area contributed by atoms with Gasteiger partial charge in [-0.15, -0.1) is 0 Å². The molecule has 2 nitrogen and oxygen atoms in total. The van der Waals surface area contributed by atoms with Crippen molar-refractivity contribution in [2.75, 3.05) is 0 Å². The lowest BCUT2D eigenvalue weighted by molar-refractivity contribution is 0.445. The van der Waals surface area contributed by atoms with Crippen molar-refractivity contribution in [2.45, 2.75) is 58.7 Å². The van der Waals surface area contributed by atoms with Gasteiger partial charge in [-0.05, 0) is 37.3 Å². The fourth-order valence-electron chi connectivity index (χ4n) is 2.20. The monoisotopic (exact) mass is 220 g/mol. The smallest absolute Gasteiger partial charge is 0.0223 e. The van der Waals surface area contributed by atoms with Crippen molar-refractivity contribution < 1.29 is 0 Å². The lowest BCUT2D eigenvalue weighted by atomic mass is 10.1. The van der Waals surface area contributed by atoms with Crippen LogP contribution in [0.2, 0.25) is 0 Å². The van der Waals surface area contributed by atoms with Gasteiger partial charge in [-0.3, -0.25) is 0 Å². The summed E-state index contributed by atoms with van der Waals surface area (Å²) in [4.78, 5) is 0. The molecule has 2 rings (SSSR count). The van der Waals surface area contributed by atoms with E-state index in [2.05, 4.69) is 42.2 Å². The second-order valence-corrected chi connectivity index (χ2v) is 5.02. The predicted molar refractivity (Wildman–Crippen MR) is 68.4 cm³/mol. The van der Waals surface area contributed by atoms with Gasteiger partial charge in [0, 0.05) is 31.5 Å². The van der Waals surface area contributed by atoms with Crippen LogP contribution in [-0.4, -0.2) is 10.6 Å². The SMILES string of the molecule is CCC(CC1CC1)NCc1ccn(CC)c1. The molecule has 1 aliphatic carbocycles. The quantitative estimate of drug-likeness (QED) is 0.747. The van der Waals surface area contributed by atoms with E-state index in [1.165, 1.54) is 31.2 Å². The molecule has 0 saturated heterocycles. The van der Waals surface area contributed by atoms with Crippen LogP contribution in [0.15, 0.2) is 18.5 Å². The van der Waals surface area contributed by atoms with Crippen molar-refractivity contribution >= 4 is 0 Å². The minimum Gasteiger partial charge on any atom is -0.354 e. The van der Waals surface area contributed by atoms with Crippen molar-refractivity contribution in [1.82, 2.24) is 9.88 Å². The molecule has 1 aliphatic rings. The Morgan fingerprint density at radius 3 is 2.81 bits per heavy atom. The molecule has 1 fully saturated rings. The van der Waals surface area contributed by atoms with Crippen molar-refractivity contribution in [3.05, 3.63) is 24.0 Å². The number of aromatic nitrogens is 1. The van der Waals surface area contributed by atoms with Crippen LogP contribution in [0.1, 0.15) is 45.1 Å². The Hall–Kier alpha value is -0.760. The summed E-state index contributed by atoms with van der Waals surface area (Å²) in [5.41, 5.74) is 1.41. The summed E-state index contributed by atoms with van der Waals surface area (Å²) >= 11 is 0. The Balaban J connectivity index is 1.75. The molecule has 2 heteroatoms. The van der Waals surface area contributed by atoms with Crippen LogP contribution in [0.5, 0.6) is 0 Å². The molecule has 0 aliphatic heterocycles. The second-order valence-electron chi connectivity index (χ2n) is 5.02. The van der Waals surface area contributed by atoms with E-state index in [0.717, 1.165) is 25.0 Å². The van der Waals surface area contributed by atoms with Crippen LogP contribution in [0.25, 0.3) is 0 Å². The number of nitrogens with zero attached hydrogens (tertiary/aromatic N) is 1. The van der Waals surface area contributed by atoms with E-state index in [-0.39, 0.29) is 0 Å². The van der Waals surface area contributed by atoms with Gasteiger partial charge >= 0.3 is 0 Å². The summed E-state index contributed by atoms with van der Waals surface area (Å²) in [6, 6.07) is 2.94. The number of hydrogen-bond donors (Lipinski definition) is 1. The predicted octanol–water partition coefficient (Wildman–Crippen LogP) is 3.18. The van der Waals surface area contributed by atoms with Crippen molar-refractivity contribution in [1.29, 1.82) is 0 Å². The van der Waals surface area contributed by atoms with Crippen LogP contribution >= 0.6 is 0 Å². The lowest BCUT2D eigenvalue weighted by Crippen LogP contribution is -2.28. The van der Waals surface area contributed by atoms with E-state index in [0.29, 0.717) is 0 Å². The highest BCUT2D eigenvalue weighted by molar-refractivity contribution is 5.10. The number of rotatable bonds is 7. The summed E-state index contributed by atoms with van der Waals surface area (Å²) in [5, 5.41) is 3.68. The van der Waals surface area contributed by atoms with Gasteiger partial charge in [0.05, 0.1) is 0 Å². The summed E-state index contributed by atoms with van der Waals surface area (Å²) < 4.78 is 2.23. The fourth-order valence-corrected chi connectivity index (χ4v) is 2.20. The molecule has 0 aromatic carbocycles. The standard InChI is InChI=1S/C14H24N2/c1-3-14(9-12-5-6-12)15-10-13-7-8-16(4-2)11-13/h7-8,11-12,14-15H,3-6,9-10H2,1-2H3. The third-order valence-corrected chi connectivity index (χ3v) is 3.58. The average Bonchev–Trinajstić information content (AvgIpc) is 3.00. The van der Waals surface area contributed by atoms with Crippen LogP contribution in [-0.2, 0) is 13.1 Å². The van der Waals surface area contributed by atoms with Crippen molar-refractivity contribution in [3.8, 4) is 0 Å². The van der Waals surface area contributed by atoms with Gasteiger partial charge in [-0.25, -0.2) is 0 Å². The van der Waals surface area contributed by atoms with Gasteiger partial charge in [0.15, 0.2) is 0 Å². The molecule has 0 amide bonds. The van der Waals surface area contributed by atoms with Crippen molar-refractivity contribution in [2.24, 2.45) is 5.92 Å². The largest absolute Gasteiger partial charge is 0.354 e. The Labute approximate surface area is 99.0 Å². The lowest BCUT2D eigenvalue weighted by Gasteiger charge is -2.15. The minimum absolute atomic E-state index is 0.720. The highest BCUT2D eigenvalue weighted by Gasteiger charge is 2.24. The highest BCUT2D eigenvalue weighted by Crippen LogP contribution is 2.34. The van der Waals surface area contributed by atoms with E-state index < -0.39 is 0 Å². The maximum Gasteiger partial charge on any atom is 0.0223 e. The summed E-state index contributed by atoms with van der Waals surface area (Å²) in [5.74, 6) is 1.03. The Morgan fingerprint density at radius 2 is 2.25 bits per heavy atom. The molecular weight excluding hydrogens is 196 g/mol. The van der Waals surface area contributed by atoms with Gasteiger partial charge < -0.3 is 9.88 Å². The molecule has 1 atom stereocenters. The van der Waals surface area contributed by atoms with Crippen LogP contribution in [0.4, 0.5) is 0 Å². The van der Waals surface area contributed by atoms with Crippen LogP contribution < -0.4 is 5.32 Å². The zero-order valence-electron chi connectivity index (χ0n) is 10.6. The fraction of sp³-hybridized carbons (Fsp3) is 0.714. The molecule has 1 aromatic heterocycles. The first-order valence-corrected chi connectivity index (χ1v) is 6.69. The van der Waals surface area contributed by atoms with Crippen LogP contribution in [0, 0.1) is 5.92 Å². The molecule has 1 heterocycles. The van der Waals surface area contributed by atoms with Gasteiger partial charge in [0.1, 0.15) is 0 Å². The highest BCUT2D eigenvalue weighted by atomic mass is 14.9. The normalized spacial score (nSPS) is 17.6. The molecule has 1 saturated carbocycles. The molecule has 1 N–H and O–H groups in total. The first-order chi connectivity index (χ1) is 7.81. The van der Waals surface area contributed by atoms with Crippen LogP contribution in [0.3, 0.4) is 0 Å². The maximum atomic E-state index is 3.68. The van der Waals surface area contributed by atoms with E-state index in [1.54, 1.807) is 0 Å². The molecule has 0 bridgehead atoms. The average molecular weight is 220 g/mol. The molecule has 16 heavy (non-hydrogen) atoms. The van der Waals surface area contributed by atoms with Gasteiger partial charge in [0.2, 0.25) is 0 Å². The third-order valence-electron chi connectivity index (χ3n) is 3.58. The van der Waals surface area contributed by atoms with E-state index in [4.69, 9.17) is 0 Å². The topological polar surface area (TPSA) is 17.0 Å². The third kappa shape index (κ3) is 3.38. The van der Waals surface area contributed by atoms with E-state index in [9.17, 15) is 0 Å². The van der Waals surface area contributed by atoms with Crippen molar-refractivity contribution in [3.63, 3.8) is 0 Å². The molecule has 0 radical (unpaired) electrons. The molecule has 1 aromatic rings. The number of aryl methyl sites for hydroxylation is 1. The zero-order chi connectivity index (χ0) is 11.4. The Morgan fingerprint density at radius 1 is 1.44 bits per heavy atom.